The van der Waals surface area contributed by atoms with Crippen molar-refractivity contribution in [3.8, 4) is 5.75 Å². The van der Waals surface area contributed by atoms with Crippen molar-refractivity contribution < 1.29 is 14.3 Å². The van der Waals surface area contributed by atoms with Gasteiger partial charge in [0.15, 0.2) is 0 Å². The van der Waals surface area contributed by atoms with E-state index in [1.165, 1.54) is 0 Å². The van der Waals surface area contributed by atoms with Gasteiger partial charge in [0.1, 0.15) is 5.75 Å². The number of ether oxygens (including phenoxy) is 1. The van der Waals surface area contributed by atoms with Gasteiger partial charge in [0.25, 0.3) is 5.91 Å². The van der Waals surface area contributed by atoms with Crippen molar-refractivity contribution >= 4 is 11.8 Å². The lowest BCUT2D eigenvalue weighted by atomic mass is 9.95. The van der Waals surface area contributed by atoms with Crippen molar-refractivity contribution in [1.82, 2.24) is 10.2 Å². The number of carbonyl (C=O) groups excluding carboxylic acids is 2. The molecule has 1 heterocycles. The molecule has 1 N–H and O–H groups in total. The van der Waals surface area contributed by atoms with Gasteiger partial charge in [-0.3, -0.25) is 9.59 Å². The number of nitrogens with one attached hydrogen (secondary N) is 1. The first-order valence-corrected chi connectivity index (χ1v) is 8.28. The standard InChI is InChI=1S/C18H26N2O3/c1-4-13(2)19-17(21)14-9-11-20(12-10-14)18(22)15-5-7-16(23-3)8-6-15/h5-8,13-14H,4,9-12H2,1-3H3,(H,19,21). The molecule has 1 unspecified atom stereocenters. The van der Waals surface area contributed by atoms with Crippen LogP contribution in [0.25, 0.3) is 0 Å². The van der Waals surface area contributed by atoms with Crippen LogP contribution in [0, 0.1) is 5.92 Å². The van der Waals surface area contributed by atoms with Crippen molar-refractivity contribution in [2.24, 2.45) is 5.92 Å². The van der Waals surface area contributed by atoms with Crippen molar-refractivity contribution in [2.75, 3.05) is 20.2 Å². The van der Waals surface area contributed by atoms with E-state index < -0.39 is 0 Å². The Morgan fingerprint density at radius 1 is 1.26 bits per heavy atom. The molecule has 1 aliphatic heterocycles. The second kappa shape index (κ2) is 7.99. The van der Waals surface area contributed by atoms with Gasteiger partial charge >= 0.3 is 0 Å². The quantitative estimate of drug-likeness (QED) is 0.907. The second-order valence-corrected chi connectivity index (χ2v) is 6.11. The van der Waals surface area contributed by atoms with Crippen LogP contribution >= 0.6 is 0 Å². The highest BCUT2D eigenvalue weighted by atomic mass is 16.5. The third-order valence-electron chi connectivity index (χ3n) is 4.49. The second-order valence-electron chi connectivity index (χ2n) is 6.11. The minimum Gasteiger partial charge on any atom is -0.497 e. The van der Waals surface area contributed by atoms with E-state index >= 15 is 0 Å². The summed E-state index contributed by atoms with van der Waals surface area (Å²) in [6.45, 7) is 5.33. The number of hydrogen-bond donors (Lipinski definition) is 1. The summed E-state index contributed by atoms with van der Waals surface area (Å²) in [5.41, 5.74) is 0.660. The number of carbonyl (C=O) groups is 2. The summed E-state index contributed by atoms with van der Waals surface area (Å²) in [6, 6.07) is 7.35. The fourth-order valence-electron chi connectivity index (χ4n) is 2.72. The maximum Gasteiger partial charge on any atom is 0.253 e. The zero-order chi connectivity index (χ0) is 16.8. The molecule has 1 fully saturated rings. The first-order valence-electron chi connectivity index (χ1n) is 8.28. The fraction of sp³-hybridized carbons (Fsp3) is 0.556. The van der Waals surface area contributed by atoms with Crippen LogP contribution < -0.4 is 10.1 Å². The third kappa shape index (κ3) is 4.47. The van der Waals surface area contributed by atoms with Crippen molar-refractivity contribution in [3.63, 3.8) is 0 Å². The number of nitrogens with zero attached hydrogens (tertiary/aromatic N) is 1. The van der Waals surface area contributed by atoms with E-state index in [-0.39, 0.29) is 23.8 Å². The number of rotatable bonds is 5. The van der Waals surface area contributed by atoms with Crippen LogP contribution in [0.1, 0.15) is 43.5 Å². The van der Waals surface area contributed by atoms with E-state index in [0.717, 1.165) is 25.0 Å². The summed E-state index contributed by atoms with van der Waals surface area (Å²) in [5.74, 6) is 0.898. The molecule has 1 atom stereocenters. The predicted molar refractivity (Wildman–Crippen MR) is 89.5 cm³/mol. The molecule has 0 spiro atoms. The van der Waals surface area contributed by atoms with E-state index in [1.807, 2.05) is 11.8 Å². The van der Waals surface area contributed by atoms with Crippen LogP contribution in [0.5, 0.6) is 5.75 Å². The predicted octanol–water partition coefficient (Wildman–Crippen LogP) is 2.46. The zero-order valence-electron chi connectivity index (χ0n) is 14.2. The van der Waals surface area contributed by atoms with Gasteiger partial charge in [-0.25, -0.2) is 0 Å². The maximum absolute atomic E-state index is 12.5. The Bertz CT molecular complexity index is 534. The van der Waals surface area contributed by atoms with E-state index in [1.54, 1.807) is 31.4 Å². The van der Waals surface area contributed by atoms with Crippen LogP contribution in [0.3, 0.4) is 0 Å². The largest absolute Gasteiger partial charge is 0.497 e. The van der Waals surface area contributed by atoms with Gasteiger partial charge in [0.05, 0.1) is 7.11 Å². The van der Waals surface area contributed by atoms with Gasteiger partial charge < -0.3 is 15.0 Å². The number of hydrogen-bond acceptors (Lipinski definition) is 3. The van der Waals surface area contributed by atoms with Gasteiger partial charge in [-0.2, -0.15) is 0 Å². The molecule has 126 valence electrons. The van der Waals surface area contributed by atoms with Crippen molar-refractivity contribution in [1.29, 1.82) is 0 Å². The Morgan fingerprint density at radius 2 is 1.87 bits per heavy atom. The fourth-order valence-corrected chi connectivity index (χ4v) is 2.72. The van der Waals surface area contributed by atoms with E-state index in [4.69, 9.17) is 4.74 Å². The lowest BCUT2D eigenvalue weighted by Gasteiger charge is -2.32. The smallest absolute Gasteiger partial charge is 0.253 e. The monoisotopic (exact) mass is 318 g/mol. The molecule has 0 aliphatic carbocycles. The minimum atomic E-state index is 0.0175. The van der Waals surface area contributed by atoms with E-state index in [9.17, 15) is 9.59 Å². The average Bonchev–Trinajstić information content (AvgIpc) is 2.61. The van der Waals surface area contributed by atoms with Gasteiger partial charge in [0, 0.05) is 30.6 Å². The normalized spacial score (nSPS) is 16.7. The summed E-state index contributed by atoms with van der Waals surface area (Å²) in [4.78, 5) is 26.5. The molecule has 23 heavy (non-hydrogen) atoms. The van der Waals surface area contributed by atoms with E-state index in [2.05, 4.69) is 12.2 Å². The minimum absolute atomic E-state index is 0.0175. The Balaban J connectivity index is 1.88. The van der Waals surface area contributed by atoms with Gasteiger partial charge in [-0.05, 0) is 50.5 Å². The summed E-state index contributed by atoms with van der Waals surface area (Å²) < 4.78 is 5.11. The molecular formula is C18H26N2O3. The highest BCUT2D eigenvalue weighted by Crippen LogP contribution is 2.20. The first kappa shape index (κ1) is 17.3. The Kier molecular flexibility index (Phi) is 6.02. The average molecular weight is 318 g/mol. The van der Waals surface area contributed by atoms with E-state index in [0.29, 0.717) is 18.7 Å². The Hall–Kier alpha value is -2.04. The van der Waals surface area contributed by atoms with Gasteiger partial charge in [-0.1, -0.05) is 6.92 Å². The summed E-state index contributed by atoms with van der Waals surface area (Å²) in [5, 5.41) is 3.03. The van der Waals surface area contributed by atoms with Crippen LogP contribution in [0.2, 0.25) is 0 Å². The lowest BCUT2D eigenvalue weighted by molar-refractivity contribution is -0.126. The molecule has 1 aliphatic rings. The number of amides is 2. The molecule has 5 heteroatoms. The van der Waals surface area contributed by atoms with Gasteiger partial charge in [0.2, 0.25) is 5.91 Å². The van der Waals surface area contributed by atoms with Crippen LogP contribution in [0.15, 0.2) is 24.3 Å². The molecule has 2 rings (SSSR count). The van der Waals surface area contributed by atoms with Crippen LogP contribution in [-0.2, 0) is 4.79 Å². The molecule has 0 radical (unpaired) electrons. The molecule has 1 aromatic rings. The maximum atomic E-state index is 12.5. The molecular weight excluding hydrogens is 292 g/mol. The summed E-state index contributed by atoms with van der Waals surface area (Å²) >= 11 is 0. The zero-order valence-corrected chi connectivity index (χ0v) is 14.2. The SMILES string of the molecule is CCC(C)NC(=O)C1CCN(C(=O)c2ccc(OC)cc2)CC1. The number of likely N-dealkylation sites (tertiary alicyclic amines) is 1. The lowest BCUT2D eigenvalue weighted by Crippen LogP contribution is -2.44. The summed E-state index contributed by atoms with van der Waals surface area (Å²) in [7, 11) is 1.60. The molecule has 5 nitrogen and oxygen atoms in total. The van der Waals surface area contributed by atoms with Crippen molar-refractivity contribution in [2.45, 2.75) is 39.2 Å². The Morgan fingerprint density at radius 3 is 2.39 bits per heavy atom. The number of piperidine rings is 1. The highest BCUT2D eigenvalue weighted by molar-refractivity contribution is 5.94. The van der Waals surface area contributed by atoms with Crippen LogP contribution in [-0.4, -0.2) is 43.0 Å². The molecule has 0 saturated carbocycles. The first-order chi connectivity index (χ1) is 11.0. The molecule has 2 amide bonds. The third-order valence-corrected chi connectivity index (χ3v) is 4.49. The molecule has 0 aromatic heterocycles. The summed E-state index contributed by atoms with van der Waals surface area (Å²) in [6.07, 6.45) is 2.38. The molecule has 1 aromatic carbocycles. The van der Waals surface area contributed by atoms with Gasteiger partial charge in [-0.15, -0.1) is 0 Å². The number of benzene rings is 1. The molecule has 0 bridgehead atoms. The van der Waals surface area contributed by atoms with Crippen molar-refractivity contribution in [3.05, 3.63) is 29.8 Å². The highest BCUT2D eigenvalue weighted by Gasteiger charge is 2.28. The molecule has 1 saturated heterocycles. The topological polar surface area (TPSA) is 58.6 Å². The van der Waals surface area contributed by atoms with Crippen LogP contribution in [0.4, 0.5) is 0 Å². The number of methoxy groups -OCH3 is 1. The Labute approximate surface area is 138 Å².